The van der Waals surface area contributed by atoms with Crippen LogP contribution < -0.4 is 5.32 Å². The smallest absolute Gasteiger partial charge is 0.422 e. The molecule has 0 saturated carbocycles. The van der Waals surface area contributed by atoms with Gasteiger partial charge in [0.15, 0.2) is 6.61 Å². The van der Waals surface area contributed by atoms with E-state index in [0.29, 0.717) is 0 Å². The molecule has 110 valence electrons. The Bertz CT molecular complexity index is 448. The standard InChI is InChI=1S/C12H12F3NO4/c13-12(14,15)8-20-10(17)6-16-11(18)19-7-9-4-2-1-3-5-9/h1-5H,6-8H2,(H,16,18). The maximum absolute atomic E-state index is 11.7. The highest BCUT2D eigenvalue weighted by molar-refractivity contribution is 5.77. The van der Waals surface area contributed by atoms with Gasteiger partial charge in [-0.05, 0) is 5.56 Å². The second-order valence-electron chi connectivity index (χ2n) is 3.69. The Morgan fingerprint density at radius 1 is 1.10 bits per heavy atom. The first-order valence-corrected chi connectivity index (χ1v) is 5.54. The third kappa shape index (κ3) is 7.24. The zero-order valence-electron chi connectivity index (χ0n) is 10.3. The number of halogens is 3. The van der Waals surface area contributed by atoms with Gasteiger partial charge in [0.25, 0.3) is 0 Å². The molecule has 8 heteroatoms. The van der Waals surface area contributed by atoms with Crippen LogP contribution in [0.25, 0.3) is 0 Å². The van der Waals surface area contributed by atoms with Gasteiger partial charge in [0, 0.05) is 0 Å². The molecule has 0 spiro atoms. The second-order valence-corrected chi connectivity index (χ2v) is 3.69. The van der Waals surface area contributed by atoms with Gasteiger partial charge in [0.2, 0.25) is 0 Å². The quantitative estimate of drug-likeness (QED) is 0.843. The number of carbonyl (C=O) groups excluding carboxylic acids is 2. The highest BCUT2D eigenvalue weighted by Crippen LogP contribution is 2.14. The normalized spacial score (nSPS) is 10.8. The van der Waals surface area contributed by atoms with E-state index in [0.717, 1.165) is 5.56 Å². The van der Waals surface area contributed by atoms with Crippen molar-refractivity contribution in [1.82, 2.24) is 5.32 Å². The van der Waals surface area contributed by atoms with Gasteiger partial charge in [0.05, 0.1) is 0 Å². The fraction of sp³-hybridized carbons (Fsp3) is 0.333. The lowest BCUT2D eigenvalue weighted by molar-refractivity contribution is -0.185. The highest BCUT2D eigenvalue weighted by Gasteiger charge is 2.29. The molecule has 0 radical (unpaired) electrons. The number of amides is 1. The molecule has 1 aromatic carbocycles. The Morgan fingerprint density at radius 2 is 1.75 bits per heavy atom. The second kappa shape index (κ2) is 7.37. The summed E-state index contributed by atoms with van der Waals surface area (Å²) in [7, 11) is 0. The van der Waals surface area contributed by atoms with Crippen LogP contribution in [0.15, 0.2) is 30.3 Å². The Labute approximate surface area is 112 Å². The van der Waals surface area contributed by atoms with E-state index in [1.807, 2.05) is 5.32 Å². The first kappa shape index (κ1) is 15.8. The van der Waals surface area contributed by atoms with E-state index in [1.54, 1.807) is 30.3 Å². The predicted octanol–water partition coefficient (Wildman–Crippen LogP) is 2.02. The summed E-state index contributed by atoms with van der Waals surface area (Å²) < 4.78 is 43.8. The number of rotatable bonds is 5. The number of alkyl carbamates (subject to hydrolysis) is 1. The van der Waals surface area contributed by atoms with Gasteiger partial charge in [-0.3, -0.25) is 4.79 Å². The van der Waals surface area contributed by atoms with E-state index in [2.05, 4.69) is 4.74 Å². The maximum Gasteiger partial charge on any atom is 0.422 e. The van der Waals surface area contributed by atoms with Crippen molar-refractivity contribution in [2.75, 3.05) is 13.2 Å². The SMILES string of the molecule is O=C(CNC(=O)OCc1ccccc1)OCC(F)(F)F. The molecule has 1 aromatic rings. The van der Waals surface area contributed by atoms with Gasteiger partial charge >= 0.3 is 18.2 Å². The molecule has 0 aromatic heterocycles. The largest absolute Gasteiger partial charge is 0.455 e. The van der Waals surface area contributed by atoms with Crippen molar-refractivity contribution < 1.29 is 32.2 Å². The van der Waals surface area contributed by atoms with Crippen LogP contribution in [0.2, 0.25) is 0 Å². The van der Waals surface area contributed by atoms with Crippen LogP contribution in [0.3, 0.4) is 0 Å². The molecule has 0 saturated heterocycles. The Kier molecular flexibility index (Phi) is 5.82. The highest BCUT2D eigenvalue weighted by atomic mass is 19.4. The molecule has 1 N–H and O–H groups in total. The zero-order chi connectivity index (χ0) is 15.0. The topological polar surface area (TPSA) is 64.6 Å². The lowest BCUT2D eigenvalue weighted by Gasteiger charge is -2.09. The van der Waals surface area contributed by atoms with Crippen molar-refractivity contribution in [3.8, 4) is 0 Å². The minimum atomic E-state index is -4.59. The molecule has 0 aliphatic rings. The van der Waals surface area contributed by atoms with Gasteiger partial charge in [-0.2, -0.15) is 13.2 Å². The average molecular weight is 291 g/mol. The third-order valence-corrected chi connectivity index (χ3v) is 1.99. The number of alkyl halides is 3. The number of esters is 1. The summed E-state index contributed by atoms with van der Waals surface area (Å²) in [5.74, 6) is -1.20. The van der Waals surface area contributed by atoms with Crippen LogP contribution in [-0.2, 0) is 20.9 Å². The summed E-state index contributed by atoms with van der Waals surface area (Å²) in [4.78, 5) is 22.0. The minimum absolute atomic E-state index is 0.00965. The van der Waals surface area contributed by atoms with Gasteiger partial charge in [-0.1, -0.05) is 30.3 Å². The van der Waals surface area contributed by atoms with Gasteiger partial charge in [-0.15, -0.1) is 0 Å². The predicted molar refractivity (Wildman–Crippen MR) is 61.6 cm³/mol. The monoisotopic (exact) mass is 291 g/mol. The molecule has 0 fully saturated rings. The van der Waals surface area contributed by atoms with E-state index < -0.39 is 31.4 Å². The van der Waals surface area contributed by atoms with Crippen LogP contribution in [-0.4, -0.2) is 31.4 Å². The number of nitrogens with one attached hydrogen (secondary N) is 1. The van der Waals surface area contributed by atoms with E-state index in [-0.39, 0.29) is 6.61 Å². The zero-order valence-corrected chi connectivity index (χ0v) is 10.3. The van der Waals surface area contributed by atoms with Crippen molar-refractivity contribution >= 4 is 12.1 Å². The minimum Gasteiger partial charge on any atom is -0.455 e. The molecule has 5 nitrogen and oxygen atoms in total. The molecule has 0 aliphatic heterocycles. The van der Waals surface area contributed by atoms with Crippen molar-refractivity contribution in [3.63, 3.8) is 0 Å². The number of hydrogen-bond acceptors (Lipinski definition) is 4. The molecule has 0 aliphatic carbocycles. The number of benzene rings is 1. The Balaban J connectivity index is 2.18. The molecule has 0 heterocycles. The first-order valence-electron chi connectivity index (χ1n) is 5.54. The van der Waals surface area contributed by atoms with Crippen molar-refractivity contribution in [2.24, 2.45) is 0 Å². The Morgan fingerprint density at radius 3 is 2.35 bits per heavy atom. The van der Waals surface area contributed by atoms with Gasteiger partial charge in [0.1, 0.15) is 13.2 Å². The molecule has 1 amide bonds. The fourth-order valence-corrected chi connectivity index (χ4v) is 1.13. The molecular formula is C12H12F3NO4. The molecule has 0 atom stereocenters. The van der Waals surface area contributed by atoms with Crippen molar-refractivity contribution in [3.05, 3.63) is 35.9 Å². The lowest BCUT2D eigenvalue weighted by Crippen LogP contribution is -2.32. The van der Waals surface area contributed by atoms with E-state index >= 15 is 0 Å². The number of carbonyl (C=O) groups is 2. The van der Waals surface area contributed by atoms with E-state index in [1.165, 1.54) is 0 Å². The van der Waals surface area contributed by atoms with E-state index in [9.17, 15) is 22.8 Å². The van der Waals surface area contributed by atoms with Gasteiger partial charge in [-0.25, -0.2) is 4.79 Å². The lowest BCUT2D eigenvalue weighted by atomic mass is 10.2. The molecule has 20 heavy (non-hydrogen) atoms. The summed E-state index contributed by atoms with van der Waals surface area (Å²) in [6, 6.07) is 8.76. The maximum atomic E-state index is 11.7. The van der Waals surface area contributed by atoms with Crippen molar-refractivity contribution in [1.29, 1.82) is 0 Å². The average Bonchev–Trinajstić information content (AvgIpc) is 2.41. The molecular weight excluding hydrogens is 279 g/mol. The molecule has 0 bridgehead atoms. The fourth-order valence-electron chi connectivity index (χ4n) is 1.13. The summed E-state index contributed by atoms with van der Waals surface area (Å²) in [6.45, 7) is -2.39. The van der Waals surface area contributed by atoms with Gasteiger partial charge < -0.3 is 14.8 Å². The molecule has 0 unspecified atom stereocenters. The summed E-state index contributed by atoms with van der Waals surface area (Å²) in [5.41, 5.74) is 0.738. The summed E-state index contributed by atoms with van der Waals surface area (Å²) >= 11 is 0. The van der Waals surface area contributed by atoms with Crippen LogP contribution in [0.4, 0.5) is 18.0 Å². The Hall–Kier alpha value is -2.25. The van der Waals surface area contributed by atoms with Crippen LogP contribution in [0.1, 0.15) is 5.56 Å². The van der Waals surface area contributed by atoms with Crippen molar-refractivity contribution in [2.45, 2.75) is 12.8 Å². The number of ether oxygens (including phenoxy) is 2. The van der Waals surface area contributed by atoms with Crippen LogP contribution in [0, 0.1) is 0 Å². The third-order valence-electron chi connectivity index (χ3n) is 1.99. The number of hydrogen-bond donors (Lipinski definition) is 1. The summed E-state index contributed by atoms with van der Waals surface area (Å²) in [5, 5.41) is 1.99. The molecule has 1 rings (SSSR count). The first-order chi connectivity index (χ1) is 9.37. The van der Waals surface area contributed by atoms with Crippen LogP contribution in [0.5, 0.6) is 0 Å². The van der Waals surface area contributed by atoms with E-state index in [4.69, 9.17) is 4.74 Å². The summed E-state index contributed by atoms with van der Waals surface area (Å²) in [6.07, 6.45) is -5.51. The van der Waals surface area contributed by atoms with Crippen LogP contribution >= 0.6 is 0 Å².